The van der Waals surface area contributed by atoms with Gasteiger partial charge in [0, 0.05) is 5.92 Å². The Hall–Kier alpha value is -0.830. The summed E-state index contributed by atoms with van der Waals surface area (Å²) in [6, 6.07) is 0. The molecule has 0 amide bonds. The van der Waals surface area contributed by atoms with Crippen LogP contribution in [0.25, 0.3) is 0 Å². The minimum absolute atomic E-state index is 0.178. The van der Waals surface area contributed by atoms with Crippen molar-refractivity contribution < 1.29 is 14.6 Å². The van der Waals surface area contributed by atoms with Crippen molar-refractivity contribution in [2.45, 2.75) is 25.0 Å². The largest absolute Gasteiger partial charge is 0.459 e. The number of fused-ring (bicyclic) bond motifs is 1. The topological polar surface area (TPSA) is 46.5 Å². The van der Waals surface area contributed by atoms with Gasteiger partial charge in [-0.25, -0.2) is 0 Å². The van der Waals surface area contributed by atoms with E-state index in [0.29, 0.717) is 6.42 Å². The first-order valence-corrected chi connectivity index (χ1v) is 3.81. The molecule has 1 aliphatic heterocycles. The minimum Gasteiger partial charge on any atom is -0.459 e. The van der Waals surface area contributed by atoms with Crippen molar-refractivity contribution >= 4 is 5.97 Å². The molecule has 1 aliphatic carbocycles. The first-order valence-electron chi connectivity index (χ1n) is 3.81. The van der Waals surface area contributed by atoms with Gasteiger partial charge < -0.3 is 9.84 Å². The maximum absolute atomic E-state index is 10.8. The Bertz CT molecular complexity index is 209. The van der Waals surface area contributed by atoms with E-state index in [2.05, 4.69) is 0 Å². The monoisotopic (exact) mass is 154 g/mol. The first kappa shape index (κ1) is 6.85. The van der Waals surface area contributed by atoms with E-state index in [1.165, 1.54) is 0 Å². The zero-order valence-corrected chi connectivity index (χ0v) is 6.06. The molecule has 0 aromatic carbocycles. The highest BCUT2D eigenvalue weighted by molar-refractivity contribution is 5.72. The summed E-state index contributed by atoms with van der Waals surface area (Å²) in [6.07, 6.45) is 4.07. The van der Waals surface area contributed by atoms with Gasteiger partial charge in [0.05, 0.1) is 6.42 Å². The molecule has 0 aromatic heterocycles. The molecule has 3 unspecified atom stereocenters. The standard InChI is InChI=1S/C8H10O3/c9-6-3-1-2-5-4-7(10)11-8(5)6/h1,3,5-6,8-9H,2,4H2. The number of aliphatic hydroxyl groups excluding tert-OH is 1. The number of carbonyl (C=O) groups excluding carboxylic acids is 1. The second-order valence-corrected chi connectivity index (χ2v) is 3.07. The number of ether oxygens (including phenoxy) is 1. The molecule has 1 saturated heterocycles. The van der Waals surface area contributed by atoms with Gasteiger partial charge in [-0.3, -0.25) is 4.79 Å². The summed E-state index contributed by atoms with van der Waals surface area (Å²) in [7, 11) is 0. The van der Waals surface area contributed by atoms with Crippen molar-refractivity contribution in [3.63, 3.8) is 0 Å². The highest BCUT2D eigenvalue weighted by atomic mass is 16.6. The molecule has 3 atom stereocenters. The van der Waals surface area contributed by atoms with E-state index in [0.717, 1.165) is 6.42 Å². The molecular weight excluding hydrogens is 144 g/mol. The van der Waals surface area contributed by atoms with Crippen molar-refractivity contribution in [1.29, 1.82) is 0 Å². The molecular formula is C8H10O3. The van der Waals surface area contributed by atoms with Crippen LogP contribution in [0.2, 0.25) is 0 Å². The summed E-state index contributed by atoms with van der Waals surface area (Å²) in [5, 5.41) is 9.33. The zero-order chi connectivity index (χ0) is 7.84. The molecule has 0 spiro atoms. The molecule has 0 radical (unpaired) electrons. The predicted octanol–water partition coefficient (Wildman–Crippen LogP) is 0.239. The highest BCUT2D eigenvalue weighted by Gasteiger charge is 2.39. The summed E-state index contributed by atoms with van der Waals surface area (Å²) in [5.41, 5.74) is 0. The molecule has 60 valence electrons. The molecule has 3 heteroatoms. The lowest BCUT2D eigenvalue weighted by Gasteiger charge is -2.23. The van der Waals surface area contributed by atoms with Gasteiger partial charge in [-0.15, -0.1) is 0 Å². The smallest absolute Gasteiger partial charge is 0.306 e. The third-order valence-electron chi connectivity index (χ3n) is 2.27. The summed E-state index contributed by atoms with van der Waals surface area (Å²) >= 11 is 0. The molecule has 1 heterocycles. The van der Waals surface area contributed by atoms with E-state index in [4.69, 9.17) is 4.74 Å². The summed E-state index contributed by atoms with van der Waals surface area (Å²) in [5.74, 6) is 0.0326. The summed E-state index contributed by atoms with van der Waals surface area (Å²) in [6.45, 7) is 0. The maximum Gasteiger partial charge on any atom is 0.306 e. The molecule has 2 rings (SSSR count). The van der Waals surface area contributed by atoms with E-state index in [-0.39, 0.29) is 18.0 Å². The fourth-order valence-electron chi connectivity index (χ4n) is 1.69. The second-order valence-electron chi connectivity index (χ2n) is 3.07. The number of rotatable bonds is 0. The molecule has 0 bridgehead atoms. The number of carbonyl (C=O) groups is 1. The zero-order valence-electron chi connectivity index (χ0n) is 6.06. The van der Waals surface area contributed by atoms with Crippen LogP contribution in [-0.2, 0) is 9.53 Å². The maximum atomic E-state index is 10.8. The molecule has 1 N–H and O–H groups in total. The SMILES string of the molecule is O=C1CC2CC=CC(O)C2O1. The Morgan fingerprint density at radius 2 is 2.45 bits per heavy atom. The second kappa shape index (κ2) is 2.34. The summed E-state index contributed by atoms with van der Waals surface area (Å²) < 4.78 is 4.94. The van der Waals surface area contributed by atoms with Gasteiger partial charge in [0.1, 0.15) is 12.2 Å². The van der Waals surface area contributed by atoms with Crippen LogP contribution in [-0.4, -0.2) is 23.3 Å². The lowest BCUT2D eigenvalue weighted by molar-refractivity contribution is -0.144. The normalized spacial score (nSPS) is 41.9. The van der Waals surface area contributed by atoms with Crippen LogP contribution >= 0.6 is 0 Å². The van der Waals surface area contributed by atoms with Gasteiger partial charge >= 0.3 is 5.97 Å². The van der Waals surface area contributed by atoms with Crippen LogP contribution < -0.4 is 0 Å². The number of aliphatic hydroxyl groups is 1. The van der Waals surface area contributed by atoms with Gasteiger partial charge in [-0.05, 0) is 6.42 Å². The predicted molar refractivity (Wildman–Crippen MR) is 37.8 cm³/mol. The van der Waals surface area contributed by atoms with Gasteiger partial charge in [-0.2, -0.15) is 0 Å². The van der Waals surface area contributed by atoms with E-state index >= 15 is 0 Å². The lowest BCUT2D eigenvalue weighted by atomic mass is 9.89. The van der Waals surface area contributed by atoms with Gasteiger partial charge in [0.25, 0.3) is 0 Å². The molecule has 2 aliphatic rings. The van der Waals surface area contributed by atoms with Crippen LogP contribution in [0.3, 0.4) is 0 Å². The average Bonchev–Trinajstić information content (AvgIpc) is 2.31. The fraction of sp³-hybridized carbons (Fsp3) is 0.625. The molecule has 11 heavy (non-hydrogen) atoms. The van der Waals surface area contributed by atoms with Crippen molar-refractivity contribution in [2.75, 3.05) is 0 Å². The van der Waals surface area contributed by atoms with Gasteiger partial charge in [0.15, 0.2) is 0 Å². The third-order valence-corrected chi connectivity index (χ3v) is 2.27. The Morgan fingerprint density at radius 1 is 1.64 bits per heavy atom. The third kappa shape index (κ3) is 1.05. The van der Waals surface area contributed by atoms with Crippen LogP contribution in [0.1, 0.15) is 12.8 Å². The van der Waals surface area contributed by atoms with Gasteiger partial charge in [-0.1, -0.05) is 12.2 Å². The van der Waals surface area contributed by atoms with Crippen molar-refractivity contribution in [3.05, 3.63) is 12.2 Å². The number of hydrogen-bond donors (Lipinski definition) is 1. The highest BCUT2D eigenvalue weighted by Crippen LogP contribution is 2.31. The lowest BCUT2D eigenvalue weighted by Crippen LogP contribution is -2.31. The van der Waals surface area contributed by atoms with Crippen LogP contribution in [0, 0.1) is 5.92 Å². The molecule has 0 aromatic rings. The molecule has 0 saturated carbocycles. The number of hydrogen-bond acceptors (Lipinski definition) is 3. The molecule has 3 nitrogen and oxygen atoms in total. The summed E-state index contributed by atoms with van der Waals surface area (Å²) in [4.78, 5) is 10.8. The Labute approximate surface area is 64.7 Å². The minimum atomic E-state index is -0.583. The Kier molecular flexibility index (Phi) is 1.46. The van der Waals surface area contributed by atoms with Crippen molar-refractivity contribution in [3.8, 4) is 0 Å². The number of esters is 1. The fourth-order valence-corrected chi connectivity index (χ4v) is 1.69. The van der Waals surface area contributed by atoms with Crippen molar-refractivity contribution in [1.82, 2.24) is 0 Å². The Morgan fingerprint density at radius 3 is 3.18 bits per heavy atom. The average molecular weight is 154 g/mol. The van der Waals surface area contributed by atoms with Crippen LogP contribution in [0.15, 0.2) is 12.2 Å². The van der Waals surface area contributed by atoms with Crippen molar-refractivity contribution in [2.24, 2.45) is 5.92 Å². The van der Waals surface area contributed by atoms with Crippen LogP contribution in [0.5, 0.6) is 0 Å². The first-order chi connectivity index (χ1) is 5.27. The number of allylic oxidation sites excluding steroid dienone is 1. The van der Waals surface area contributed by atoms with E-state index in [1.807, 2.05) is 6.08 Å². The van der Waals surface area contributed by atoms with E-state index in [1.54, 1.807) is 6.08 Å². The van der Waals surface area contributed by atoms with Crippen LogP contribution in [0.4, 0.5) is 0 Å². The van der Waals surface area contributed by atoms with E-state index < -0.39 is 6.10 Å². The van der Waals surface area contributed by atoms with Gasteiger partial charge in [0.2, 0.25) is 0 Å². The Balaban J connectivity index is 2.17. The quantitative estimate of drug-likeness (QED) is 0.401. The molecule has 1 fully saturated rings. The van der Waals surface area contributed by atoms with E-state index in [9.17, 15) is 9.90 Å².